The minimum absolute atomic E-state index is 0.0515. The van der Waals surface area contributed by atoms with Crippen molar-refractivity contribution in [2.24, 2.45) is 18.2 Å². The highest BCUT2D eigenvalue weighted by Gasteiger charge is 2.58. The zero-order valence-electron chi connectivity index (χ0n) is 24.9. The van der Waals surface area contributed by atoms with Crippen LogP contribution in [0.5, 0.6) is 0 Å². The van der Waals surface area contributed by atoms with E-state index in [4.69, 9.17) is 16.2 Å². The number of rotatable bonds is 11. The zero-order chi connectivity index (χ0) is 33.1. The topological polar surface area (TPSA) is 201 Å². The first-order valence-corrected chi connectivity index (χ1v) is 17.2. The maximum atomic E-state index is 14.3. The Hall–Kier alpha value is -4.74. The number of thiazole rings is 1. The number of anilines is 1. The normalized spacial score (nSPS) is 20.8. The van der Waals surface area contributed by atoms with Crippen molar-refractivity contribution >= 4 is 69.3 Å². The molecule has 242 valence electrons. The number of hydrogen-bond acceptors (Lipinski definition) is 13. The van der Waals surface area contributed by atoms with Crippen LogP contribution in [0.15, 0.2) is 77.3 Å². The third-order valence-corrected chi connectivity index (χ3v) is 11.2. The Labute approximate surface area is 281 Å². The van der Waals surface area contributed by atoms with Gasteiger partial charge in [-0.1, -0.05) is 72.4 Å². The zero-order valence-corrected chi connectivity index (χ0v) is 27.3. The summed E-state index contributed by atoms with van der Waals surface area (Å²) in [6.07, 6.45) is 0.272. The van der Waals surface area contributed by atoms with Crippen molar-refractivity contribution in [3.8, 4) is 0 Å². The van der Waals surface area contributed by atoms with Crippen LogP contribution in [0, 0.1) is 5.41 Å². The number of tetrazole rings is 1. The van der Waals surface area contributed by atoms with E-state index in [0.29, 0.717) is 5.16 Å². The molecule has 0 spiro atoms. The highest BCUT2D eigenvalue weighted by Crippen LogP contribution is 2.46. The lowest BCUT2D eigenvalue weighted by Gasteiger charge is -2.54. The average Bonchev–Trinajstić information content (AvgIpc) is 3.71. The number of nitrogen functional groups attached to an aromatic ring is 1. The number of hydrogen-bond donors (Lipinski definition) is 3. The fraction of sp³-hybridized carbons (Fsp3) is 0.267. The van der Waals surface area contributed by atoms with Crippen LogP contribution in [0.2, 0.25) is 0 Å². The largest absolute Gasteiger partial charge is 0.452 e. The number of β-lactam (4-membered cyclic amide) rings is 1. The third kappa shape index (κ3) is 6.72. The van der Waals surface area contributed by atoms with Gasteiger partial charge in [-0.2, -0.15) is 0 Å². The van der Waals surface area contributed by atoms with Gasteiger partial charge in [0.15, 0.2) is 11.2 Å². The molecule has 4 aromatic rings. The van der Waals surface area contributed by atoms with Gasteiger partial charge in [-0.05, 0) is 21.6 Å². The molecular weight excluding hydrogens is 663 g/mol. The quantitative estimate of drug-likeness (QED) is 0.0890. The van der Waals surface area contributed by atoms with Crippen LogP contribution in [0.3, 0.4) is 0 Å². The number of benzene rings is 2. The van der Waals surface area contributed by atoms with E-state index in [0.717, 1.165) is 28.5 Å². The summed E-state index contributed by atoms with van der Waals surface area (Å²) in [4.78, 5) is 58.5. The fourth-order valence-corrected chi connectivity index (χ4v) is 8.55. The summed E-state index contributed by atoms with van der Waals surface area (Å²) in [7, 11) is 1.70. The maximum absolute atomic E-state index is 14.3. The number of thioether (sulfide) groups is 2. The highest BCUT2D eigenvalue weighted by molar-refractivity contribution is 8.00. The summed E-state index contributed by atoms with van der Waals surface area (Å²) in [6.45, 7) is 0.0515. The van der Waals surface area contributed by atoms with Crippen LogP contribution in [0.1, 0.15) is 22.9 Å². The van der Waals surface area contributed by atoms with E-state index in [1.54, 1.807) is 11.9 Å². The van der Waals surface area contributed by atoms with Crippen LogP contribution >= 0.6 is 34.9 Å². The van der Waals surface area contributed by atoms with Gasteiger partial charge in [0.1, 0.15) is 16.8 Å². The van der Waals surface area contributed by atoms with Gasteiger partial charge in [0.05, 0.1) is 11.3 Å². The molecule has 2 saturated heterocycles. The summed E-state index contributed by atoms with van der Waals surface area (Å²) in [5, 5.41) is 16.1. The minimum Gasteiger partial charge on any atom is -0.452 e. The SMILES string of the molecule is Cn1nnnc1SCC1(C(=O)OC(c2ccccc2)c2ccccc2)CS[C@@H]2C(NC(=O)C(=CC(N)=O)c3csc(N)n3)C(=O)N2C1. The Morgan fingerprint density at radius 2 is 1.83 bits per heavy atom. The van der Waals surface area contributed by atoms with Crippen LogP contribution in [0.4, 0.5) is 5.13 Å². The third-order valence-electron chi connectivity index (χ3n) is 7.68. The second-order valence-corrected chi connectivity index (χ2v) is 13.8. The number of primary amides is 1. The number of carbonyl (C=O) groups excluding carboxylic acids is 4. The summed E-state index contributed by atoms with van der Waals surface area (Å²) < 4.78 is 7.83. The van der Waals surface area contributed by atoms with Gasteiger partial charge >= 0.3 is 5.97 Å². The summed E-state index contributed by atoms with van der Waals surface area (Å²) in [5.41, 5.74) is 11.6. The Balaban J connectivity index is 1.23. The predicted molar refractivity (Wildman–Crippen MR) is 176 cm³/mol. The predicted octanol–water partition coefficient (Wildman–Crippen LogP) is 1.63. The number of ether oxygens (including phenoxy) is 1. The van der Waals surface area contributed by atoms with Crippen LogP contribution in [-0.4, -0.2) is 83.2 Å². The maximum Gasteiger partial charge on any atom is 0.316 e. The molecular formula is C30H29N9O5S3. The molecule has 3 atom stereocenters. The van der Waals surface area contributed by atoms with Gasteiger partial charge in [0.25, 0.3) is 5.91 Å². The van der Waals surface area contributed by atoms with Crippen molar-refractivity contribution < 1.29 is 23.9 Å². The molecule has 2 aromatic heterocycles. The van der Waals surface area contributed by atoms with Crippen LogP contribution in [-0.2, 0) is 31.0 Å². The number of nitrogens with two attached hydrogens (primary N) is 2. The van der Waals surface area contributed by atoms with Crippen molar-refractivity contribution in [2.45, 2.75) is 22.7 Å². The molecule has 2 aliphatic heterocycles. The first-order chi connectivity index (χ1) is 22.6. The Kier molecular flexibility index (Phi) is 9.28. The second-order valence-electron chi connectivity index (χ2n) is 10.9. The molecule has 14 nitrogen and oxygen atoms in total. The number of nitrogens with one attached hydrogen (secondary N) is 1. The van der Waals surface area contributed by atoms with Gasteiger partial charge in [0, 0.05) is 36.6 Å². The molecule has 47 heavy (non-hydrogen) atoms. The van der Waals surface area contributed by atoms with Crippen molar-refractivity contribution in [3.63, 3.8) is 0 Å². The average molecular weight is 692 g/mol. The van der Waals surface area contributed by atoms with E-state index < -0.39 is 40.7 Å². The number of nitrogens with zero attached hydrogens (tertiary/aromatic N) is 6. The van der Waals surface area contributed by atoms with Crippen molar-refractivity contribution in [3.05, 3.63) is 88.9 Å². The molecule has 6 rings (SSSR count). The van der Waals surface area contributed by atoms with E-state index in [-0.39, 0.29) is 40.4 Å². The monoisotopic (exact) mass is 691 g/mol. The summed E-state index contributed by atoms with van der Waals surface area (Å²) in [5.74, 6) is -1.88. The van der Waals surface area contributed by atoms with Crippen LogP contribution < -0.4 is 16.8 Å². The molecule has 17 heteroatoms. The molecule has 2 fully saturated rings. The van der Waals surface area contributed by atoms with E-state index in [1.165, 1.54) is 33.6 Å². The molecule has 3 amide bonds. The van der Waals surface area contributed by atoms with E-state index in [9.17, 15) is 19.2 Å². The van der Waals surface area contributed by atoms with Crippen LogP contribution in [0.25, 0.3) is 5.57 Å². The molecule has 4 heterocycles. The Bertz CT molecular complexity index is 1790. The first kappa shape index (κ1) is 32.2. The minimum atomic E-state index is -1.14. The van der Waals surface area contributed by atoms with Gasteiger partial charge in [0.2, 0.25) is 17.0 Å². The fourth-order valence-electron chi connectivity index (χ4n) is 5.29. The van der Waals surface area contributed by atoms with Gasteiger partial charge in [-0.25, -0.2) is 9.67 Å². The van der Waals surface area contributed by atoms with E-state index in [1.807, 2.05) is 60.7 Å². The first-order valence-electron chi connectivity index (χ1n) is 14.3. The van der Waals surface area contributed by atoms with Crippen molar-refractivity contribution in [2.75, 3.05) is 23.8 Å². The van der Waals surface area contributed by atoms with Crippen molar-refractivity contribution in [1.82, 2.24) is 35.4 Å². The highest BCUT2D eigenvalue weighted by atomic mass is 32.2. The molecule has 0 bridgehead atoms. The number of aromatic nitrogens is 5. The smallest absolute Gasteiger partial charge is 0.316 e. The second kappa shape index (κ2) is 13.5. The summed E-state index contributed by atoms with van der Waals surface area (Å²) in [6, 6.07) is 18.0. The number of aryl methyl sites for hydroxylation is 1. The molecule has 0 saturated carbocycles. The lowest BCUT2D eigenvalue weighted by atomic mass is 9.88. The van der Waals surface area contributed by atoms with Crippen molar-refractivity contribution in [1.29, 1.82) is 0 Å². The van der Waals surface area contributed by atoms with Gasteiger partial charge in [-0.15, -0.1) is 28.2 Å². The molecule has 2 aromatic carbocycles. The number of amides is 3. The lowest BCUT2D eigenvalue weighted by Crippen LogP contribution is -2.74. The molecule has 2 unspecified atom stereocenters. The van der Waals surface area contributed by atoms with Gasteiger partial charge in [-0.3, -0.25) is 19.2 Å². The number of esters is 1. The number of fused-ring (bicyclic) bond motifs is 1. The molecule has 0 aliphatic carbocycles. The Morgan fingerprint density at radius 1 is 1.15 bits per heavy atom. The molecule has 2 aliphatic rings. The lowest BCUT2D eigenvalue weighted by molar-refractivity contribution is -0.164. The van der Waals surface area contributed by atoms with E-state index in [2.05, 4.69) is 25.8 Å². The summed E-state index contributed by atoms with van der Waals surface area (Å²) >= 11 is 3.75. The van der Waals surface area contributed by atoms with Gasteiger partial charge < -0.3 is 26.4 Å². The number of carbonyl (C=O) groups is 4. The van der Waals surface area contributed by atoms with E-state index >= 15 is 0 Å². The molecule has 5 N–H and O–H groups in total. The standard InChI is InChI=1S/C30H29N9O5S3/c1-38-29(35-36-37-38)47-16-30(27(43)44-23(17-8-4-2-5-9-17)18-10-6-3-7-11-18)14-39-25(42)22(26(39)46-15-30)34-24(41)19(12-21(31)40)20-13-45-28(32)33-20/h2-13,22-23,26H,14-16H2,1H3,(H2,31,40)(H2,32,33)(H,34,41)/t22?,26-,30?/m1/s1. The molecule has 0 radical (unpaired) electrons. The Morgan fingerprint density at radius 3 is 2.40 bits per heavy atom.